The quantitative estimate of drug-likeness (QED) is 0.512. The van der Waals surface area contributed by atoms with Crippen molar-refractivity contribution >= 4 is 35.1 Å². The predicted molar refractivity (Wildman–Crippen MR) is 105 cm³/mol. The number of hydrogen-bond donors (Lipinski definition) is 2. The molecule has 3 rings (SSSR count). The minimum atomic E-state index is -0.773. The maximum Gasteiger partial charge on any atom is 0.308 e. The third-order valence-corrected chi connectivity index (χ3v) is 5.95. The molecule has 2 atom stereocenters. The van der Waals surface area contributed by atoms with Gasteiger partial charge < -0.3 is 25.0 Å². The molecule has 2 amide bonds. The summed E-state index contributed by atoms with van der Waals surface area (Å²) in [7, 11) is 0. The highest BCUT2D eigenvalue weighted by Gasteiger charge is 2.35. The van der Waals surface area contributed by atoms with Crippen LogP contribution in [0.5, 0.6) is 0 Å². The average molecular weight is 412 g/mol. The Bertz CT molecular complexity index is 602. The first-order valence-corrected chi connectivity index (χ1v) is 10.6. The van der Waals surface area contributed by atoms with Crippen molar-refractivity contribution in [2.45, 2.75) is 63.5 Å². The van der Waals surface area contributed by atoms with Crippen LogP contribution < -0.4 is 10.6 Å². The number of carbonyl (C=O) groups is 3. The molecule has 2 N–H and O–H groups in total. The van der Waals surface area contributed by atoms with Crippen LogP contribution in [0, 0.1) is 5.92 Å². The molecule has 0 radical (unpaired) electrons. The molecule has 0 spiro atoms. The Morgan fingerprint density at radius 3 is 2.71 bits per heavy atom. The van der Waals surface area contributed by atoms with Crippen molar-refractivity contribution in [1.29, 1.82) is 0 Å². The zero-order valence-corrected chi connectivity index (χ0v) is 16.9. The number of nitrogens with zero attached hydrogens (tertiary/aromatic N) is 1. The Morgan fingerprint density at radius 2 is 2.00 bits per heavy atom. The fourth-order valence-electron chi connectivity index (χ4n) is 3.98. The van der Waals surface area contributed by atoms with Crippen LogP contribution in [0.4, 0.5) is 0 Å². The van der Waals surface area contributed by atoms with Crippen molar-refractivity contribution in [3.05, 3.63) is 0 Å². The summed E-state index contributed by atoms with van der Waals surface area (Å²) < 4.78 is 10.7. The standard InChI is InChI=1S/C19H29N3O5S/c23-16(27-12-14-7-4-10-26-14)11-15-18(25)20-8-9-22(15)19(28)21-17(24)13-5-2-1-3-6-13/h13-15H,1-12H2,(H,20,25)(H,21,24,28)/t14-,15+/m0/s1. The van der Waals surface area contributed by atoms with Crippen LogP contribution in [0.15, 0.2) is 0 Å². The number of carbonyl (C=O) groups excluding carboxylic acids is 3. The Labute approximate surface area is 170 Å². The molecule has 2 aliphatic heterocycles. The van der Waals surface area contributed by atoms with Crippen LogP contribution >= 0.6 is 12.2 Å². The fourth-order valence-corrected chi connectivity index (χ4v) is 4.30. The molecule has 3 aliphatic rings. The number of ether oxygens (including phenoxy) is 2. The monoisotopic (exact) mass is 411 g/mol. The summed E-state index contributed by atoms with van der Waals surface area (Å²) in [5.41, 5.74) is 0. The second-order valence-corrected chi connectivity index (χ2v) is 8.04. The van der Waals surface area contributed by atoms with E-state index in [1.807, 2.05) is 0 Å². The molecular weight excluding hydrogens is 382 g/mol. The van der Waals surface area contributed by atoms with Gasteiger partial charge in [0, 0.05) is 25.6 Å². The predicted octanol–water partition coefficient (Wildman–Crippen LogP) is 0.881. The average Bonchev–Trinajstić information content (AvgIpc) is 3.22. The first kappa shape index (κ1) is 21.0. The summed E-state index contributed by atoms with van der Waals surface area (Å²) in [5.74, 6) is -0.867. The lowest BCUT2D eigenvalue weighted by Crippen LogP contribution is -2.60. The van der Waals surface area contributed by atoms with E-state index in [2.05, 4.69) is 10.6 Å². The van der Waals surface area contributed by atoms with Gasteiger partial charge in [0.2, 0.25) is 11.8 Å². The number of thiocarbonyl (C=S) groups is 1. The van der Waals surface area contributed by atoms with Crippen LogP contribution in [-0.2, 0) is 23.9 Å². The van der Waals surface area contributed by atoms with Crippen molar-refractivity contribution < 1.29 is 23.9 Å². The van der Waals surface area contributed by atoms with Crippen molar-refractivity contribution in [3.63, 3.8) is 0 Å². The second-order valence-electron chi connectivity index (χ2n) is 7.65. The summed E-state index contributed by atoms with van der Waals surface area (Å²) in [5, 5.41) is 5.75. The molecule has 2 saturated heterocycles. The SMILES string of the molecule is O=C(C[C@@H]1C(=O)NCCN1C(=S)NC(=O)C1CCCCC1)OC[C@@H]1CCCO1. The van der Waals surface area contributed by atoms with Gasteiger partial charge in [0.05, 0.1) is 12.5 Å². The van der Waals surface area contributed by atoms with Crippen molar-refractivity contribution in [2.75, 3.05) is 26.3 Å². The van der Waals surface area contributed by atoms with Crippen molar-refractivity contribution in [3.8, 4) is 0 Å². The van der Waals surface area contributed by atoms with E-state index >= 15 is 0 Å². The van der Waals surface area contributed by atoms with E-state index in [1.165, 1.54) is 0 Å². The molecule has 1 aliphatic carbocycles. The molecule has 9 heteroatoms. The van der Waals surface area contributed by atoms with Gasteiger partial charge >= 0.3 is 5.97 Å². The molecular formula is C19H29N3O5S. The molecule has 1 saturated carbocycles. The van der Waals surface area contributed by atoms with Gasteiger partial charge in [-0.1, -0.05) is 19.3 Å². The van der Waals surface area contributed by atoms with Crippen LogP contribution in [0.25, 0.3) is 0 Å². The number of piperazine rings is 1. The van der Waals surface area contributed by atoms with Crippen LogP contribution in [0.1, 0.15) is 51.4 Å². The minimum absolute atomic E-state index is 0.0276. The molecule has 28 heavy (non-hydrogen) atoms. The Hall–Kier alpha value is -1.74. The van der Waals surface area contributed by atoms with Gasteiger partial charge in [0.1, 0.15) is 12.6 Å². The lowest BCUT2D eigenvalue weighted by Gasteiger charge is -2.36. The fraction of sp³-hybridized carbons (Fsp3) is 0.789. The first-order chi connectivity index (χ1) is 13.5. The Morgan fingerprint density at radius 1 is 1.21 bits per heavy atom. The van der Waals surface area contributed by atoms with E-state index in [0.717, 1.165) is 44.9 Å². The van der Waals surface area contributed by atoms with E-state index in [-0.39, 0.29) is 42.0 Å². The smallest absolute Gasteiger partial charge is 0.308 e. The van der Waals surface area contributed by atoms with Gasteiger partial charge in [-0.05, 0) is 37.9 Å². The van der Waals surface area contributed by atoms with Gasteiger partial charge in [-0.3, -0.25) is 14.4 Å². The van der Waals surface area contributed by atoms with Crippen LogP contribution in [-0.4, -0.2) is 66.2 Å². The molecule has 0 aromatic rings. The summed E-state index contributed by atoms with van der Waals surface area (Å²) in [4.78, 5) is 38.7. The highest BCUT2D eigenvalue weighted by molar-refractivity contribution is 7.80. The molecule has 156 valence electrons. The summed E-state index contributed by atoms with van der Waals surface area (Å²) in [6.07, 6.45) is 6.68. The summed E-state index contributed by atoms with van der Waals surface area (Å²) in [6, 6.07) is -0.773. The third-order valence-electron chi connectivity index (χ3n) is 5.61. The second kappa shape index (κ2) is 10.2. The molecule has 0 unspecified atom stereocenters. The Kier molecular flexibility index (Phi) is 7.61. The van der Waals surface area contributed by atoms with E-state index in [9.17, 15) is 14.4 Å². The van der Waals surface area contributed by atoms with Crippen molar-refractivity contribution in [1.82, 2.24) is 15.5 Å². The van der Waals surface area contributed by atoms with Gasteiger partial charge in [-0.25, -0.2) is 0 Å². The largest absolute Gasteiger partial charge is 0.463 e. The number of hydrogen-bond acceptors (Lipinski definition) is 6. The van der Waals surface area contributed by atoms with Crippen LogP contribution in [0.2, 0.25) is 0 Å². The lowest BCUT2D eigenvalue weighted by atomic mass is 9.89. The Balaban J connectivity index is 1.53. The zero-order chi connectivity index (χ0) is 19.9. The highest BCUT2D eigenvalue weighted by atomic mass is 32.1. The zero-order valence-electron chi connectivity index (χ0n) is 16.1. The van der Waals surface area contributed by atoms with Gasteiger partial charge in [0.15, 0.2) is 5.11 Å². The van der Waals surface area contributed by atoms with Crippen LogP contribution in [0.3, 0.4) is 0 Å². The van der Waals surface area contributed by atoms with Gasteiger partial charge in [-0.2, -0.15) is 0 Å². The molecule has 3 fully saturated rings. The van der Waals surface area contributed by atoms with Gasteiger partial charge in [-0.15, -0.1) is 0 Å². The molecule has 0 aromatic heterocycles. The molecule has 2 heterocycles. The molecule has 0 bridgehead atoms. The van der Waals surface area contributed by atoms with E-state index in [4.69, 9.17) is 21.7 Å². The van der Waals surface area contributed by atoms with Gasteiger partial charge in [0.25, 0.3) is 0 Å². The first-order valence-electron chi connectivity index (χ1n) is 10.2. The molecule has 8 nitrogen and oxygen atoms in total. The topological polar surface area (TPSA) is 97.0 Å². The number of amides is 2. The summed E-state index contributed by atoms with van der Waals surface area (Å²) >= 11 is 5.40. The summed E-state index contributed by atoms with van der Waals surface area (Å²) in [6.45, 7) is 1.75. The number of nitrogens with one attached hydrogen (secondary N) is 2. The lowest BCUT2D eigenvalue weighted by molar-refractivity contribution is -0.150. The number of rotatable bonds is 5. The van der Waals surface area contributed by atoms with E-state index in [0.29, 0.717) is 19.7 Å². The minimum Gasteiger partial charge on any atom is -0.463 e. The number of esters is 1. The highest BCUT2D eigenvalue weighted by Crippen LogP contribution is 2.24. The third kappa shape index (κ3) is 5.64. The maximum absolute atomic E-state index is 12.5. The van der Waals surface area contributed by atoms with E-state index < -0.39 is 12.0 Å². The van der Waals surface area contributed by atoms with Crippen molar-refractivity contribution in [2.24, 2.45) is 5.92 Å². The molecule has 0 aromatic carbocycles. The van der Waals surface area contributed by atoms with E-state index in [1.54, 1.807) is 4.90 Å². The maximum atomic E-state index is 12.5. The normalized spacial score (nSPS) is 25.9.